The SMILES string of the molecule is CC(CNS(=O)(=O)c1ccc(CN)cc1)CN1CCCC1. The molecule has 1 aromatic rings. The summed E-state index contributed by atoms with van der Waals surface area (Å²) in [7, 11) is -3.42. The van der Waals surface area contributed by atoms with Gasteiger partial charge in [0.15, 0.2) is 0 Å². The van der Waals surface area contributed by atoms with Crippen molar-refractivity contribution in [2.75, 3.05) is 26.2 Å². The lowest BCUT2D eigenvalue weighted by Gasteiger charge is -2.20. The summed E-state index contributed by atoms with van der Waals surface area (Å²) in [5, 5.41) is 0. The van der Waals surface area contributed by atoms with E-state index in [1.165, 1.54) is 12.8 Å². The number of benzene rings is 1. The fourth-order valence-electron chi connectivity index (χ4n) is 2.61. The minimum absolute atomic E-state index is 0.299. The standard InChI is InChI=1S/C15H25N3O2S/c1-13(12-18-8-2-3-9-18)11-17-21(19,20)15-6-4-14(10-16)5-7-15/h4-7,13,17H,2-3,8-12,16H2,1H3. The smallest absolute Gasteiger partial charge is 0.240 e. The van der Waals surface area contributed by atoms with E-state index >= 15 is 0 Å². The second-order valence-corrected chi connectivity index (χ2v) is 7.58. The summed E-state index contributed by atoms with van der Waals surface area (Å²) in [4.78, 5) is 2.70. The second-order valence-electron chi connectivity index (χ2n) is 5.81. The van der Waals surface area contributed by atoms with Gasteiger partial charge in [0.25, 0.3) is 0 Å². The maximum atomic E-state index is 12.2. The Morgan fingerprint density at radius 3 is 2.43 bits per heavy atom. The Bertz CT molecular complexity index is 537. The Hall–Kier alpha value is -0.950. The van der Waals surface area contributed by atoms with Gasteiger partial charge in [0, 0.05) is 19.6 Å². The van der Waals surface area contributed by atoms with Crippen LogP contribution in [0.5, 0.6) is 0 Å². The van der Waals surface area contributed by atoms with Gasteiger partial charge in [-0.15, -0.1) is 0 Å². The third-order valence-electron chi connectivity index (χ3n) is 3.86. The predicted molar refractivity (Wildman–Crippen MR) is 84.4 cm³/mol. The number of hydrogen-bond donors (Lipinski definition) is 2. The fraction of sp³-hybridized carbons (Fsp3) is 0.600. The molecule has 1 atom stereocenters. The van der Waals surface area contributed by atoms with Gasteiger partial charge in [-0.25, -0.2) is 13.1 Å². The third-order valence-corrected chi connectivity index (χ3v) is 5.30. The maximum Gasteiger partial charge on any atom is 0.240 e. The maximum absolute atomic E-state index is 12.2. The van der Waals surface area contributed by atoms with E-state index in [-0.39, 0.29) is 0 Å². The van der Waals surface area contributed by atoms with Crippen LogP contribution in [0.2, 0.25) is 0 Å². The molecule has 5 nitrogen and oxygen atoms in total. The predicted octanol–water partition coefficient (Wildman–Crippen LogP) is 1.16. The van der Waals surface area contributed by atoms with Crippen molar-refractivity contribution >= 4 is 10.0 Å². The van der Waals surface area contributed by atoms with Gasteiger partial charge in [0.1, 0.15) is 0 Å². The van der Waals surface area contributed by atoms with Gasteiger partial charge in [0.2, 0.25) is 10.0 Å². The number of nitrogens with one attached hydrogen (secondary N) is 1. The lowest BCUT2D eigenvalue weighted by atomic mass is 10.2. The first-order valence-electron chi connectivity index (χ1n) is 7.52. The summed E-state index contributed by atoms with van der Waals surface area (Å²) >= 11 is 0. The molecular formula is C15H25N3O2S. The number of sulfonamides is 1. The minimum atomic E-state index is -3.42. The van der Waals surface area contributed by atoms with Crippen LogP contribution < -0.4 is 10.5 Å². The molecule has 6 heteroatoms. The van der Waals surface area contributed by atoms with Gasteiger partial charge >= 0.3 is 0 Å². The number of rotatable bonds is 7. The molecule has 118 valence electrons. The highest BCUT2D eigenvalue weighted by atomic mass is 32.2. The van der Waals surface area contributed by atoms with E-state index in [4.69, 9.17) is 5.73 Å². The molecule has 1 fully saturated rings. The van der Waals surface area contributed by atoms with Gasteiger partial charge < -0.3 is 10.6 Å². The molecule has 0 aliphatic carbocycles. The highest BCUT2D eigenvalue weighted by Gasteiger charge is 2.18. The number of hydrogen-bond acceptors (Lipinski definition) is 4. The van der Waals surface area contributed by atoms with Gasteiger partial charge in [0.05, 0.1) is 4.90 Å². The molecule has 1 unspecified atom stereocenters. The van der Waals surface area contributed by atoms with E-state index in [1.54, 1.807) is 24.3 Å². The molecule has 3 N–H and O–H groups in total. The van der Waals surface area contributed by atoms with Gasteiger partial charge in [-0.05, 0) is 49.5 Å². The van der Waals surface area contributed by atoms with Crippen molar-refractivity contribution in [1.29, 1.82) is 0 Å². The lowest BCUT2D eigenvalue weighted by molar-refractivity contribution is 0.288. The van der Waals surface area contributed by atoms with Crippen molar-refractivity contribution in [3.63, 3.8) is 0 Å². The Kier molecular flexibility index (Phi) is 5.75. The summed E-state index contributed by atoms with van der Waals surface area (Å²) in [6.07, 6.45) is 2.51. The molecule has 0 aromatic heterocycles. The van der Waals surface area contributed by atoms with Crippen LogP contribution in [0.25, 0.3) is 0 Å². The Labute approximate surface area is 127 Å². The molecule has 1 aliphatic rings. The van der Waals surface area contributed by atoms with Crippen LogP contribution in [0.1, 0.15) is 25.3 Å². The van der Waals surface area contributed by atoms with E-state index < -0.39 is 10.0 Å². The van der Waals surface area contributed by atoms with Crippen LogP contribution in [0.4, 0.5) is 0 Å². The molecule has 1 aromatic carbocycles. The van der Waals surface area contributed by atoms with Crippen molar-refractivity contribution < 1.29 is 8.42 Å². The van der Waals surface area contributed by atoms with E-state index in [1.807, 2.05) is 0 Å². The summed E-state index contributed by atoms with van der Waals surface area (Å²) in [5.74, 6) is 0.307. The first-order valence-corrected chi connectivity index (χ1v) is 9.00. The zero-order chi connectivity index (χ0) is 15.3. The summed E-state index contributed by atoms with van der Waals surface area (Å²) < 4.78 is 27.1. The van der Waals surface area contributed by atoms with Gasteiger partial charge in [-0.1, -0.05) is 19.1 Å². The van der Waals surface area contributed by atoms with Crippen molar-refractivity contribution in [3.05, 3.63) is 29.8 Å². The molecule has 0 radical (unpaired) electrons. The van der Waals surface area contributed by atoms with Crippen molar-refractivity contribution in [2.24, 2.45) is 11.7 Å². The van der Waals surface area contributed by atoms with Crippen LogP contribution in [-0.2, 0) is 16.6 Å². The molecule has 0 amide bonds. The third kappa shape index (κ3) is 4.78. The Morgan fingerprint density at radius 1 is 1.24 bits per heavy atom. The molecule has 1 heterocycles. The topological polar surface area (TPSA) is 75.4 Å². The average Bonchev–Trinajstić information content (AvgIpc) is 2.98. The molecular weight excluding hydrogens is 286 g/mol. The van der Waals surface area contributed by atoms with Crippen LogP contribution in [-0.4, -0.2) is 39.5 Å². The fourth-order valence-corrected chi connectivity index (χ4v) is 3.78. The number of nitrogens with two attached hydrogens (primary N) is 1. The van der Waals surface area contributed by atoms with Crippen LogP contribution in [0.15, 0.2) is 29.2 Å². The highest BCUT2D eigenvalue weighted by Crippen LogP contribution is 2.12. The zero-order valence-electron chi connectivity index (χ0n) is 12.6. The van der Waals surface area contributed by atoms with E-state index in [9.17, 15) is 8.42 Å². The second kappa shape index (κ2) is 7.35. The molecule has 0 saturated carbocycles. The lowest BCUT2D eigenvalue weighted by Crippen LogP contribution is -2.34. The molecule has 1 aliphatic heterocycles. The van der Waals surface area contributed by atoms with Crippen molar-refractivity contribution in [2.45, 2.75) is 31.2 Å². The summed E-state index contributed by atoms with van der Waals surface area (Å²) in [6, 6.07) is 6.72. The van der Waals surface area contributed by atoms with E-state index in [0.29, 0.717) is 23.9 Å². The molecule has 0 spiro atoms. The van der Waals surface area contributed by atoms with Gasteiger partial charge in [-0.3, -0.25) is 0 Å². The highest BCUT2D eigenvalue weighted by molar-refractivity contribution is 7.89. The molecule has 1 saturated heterocycles. The molecule has 21 heavy (non-hydrogen) atoms. The van der Waals surface area contributed by atoms with E-state index in [2.05, 4.69) is 16.5 Å². The normalized spacial score (nSPS) is 18.0. The average molecular weight is 311 g/mol. The first kappa shape index (κ1) is 16.4. The summed E-state index contributed by atoms with van der Waals surface area (Å²) in [5.41, 5.74) is 6.44. The van der Waals surface area contributed by atoms with Crippen LogP contribution >= 0.6 is 0 Å². The quantitative estimate of drug-likeness (QED) is 0.792. The van der Waals surface area contributed by atoms with E-state index in [0.717, 1.165) is 25.2 Å². The Morgan fingerprint density at radius 2 is 1.86 bits per heavy atom. The zero-order valence-corrected chi connectivity index (χ0v) is 13.4. The van der Waals surface area contributed by atoms with Crippen molar-refractivity contribution in [1.82, 2.24) is 9.62 Å². The largest absolute Gasteiger partial charge is 0.326 e. The molecule has 2 rings (SSSR count). The minimum Gasteiger partial charge on any atom is -0.326 e. The summed E-state index contributed by atoms with van der Waals surface area (Å²) in [6.45, 7) is 6.19. The monoisotopic (exact) mass is 311 g/mol. The Balaban J connectivity index is 1.87. The number of nitrogens with zero attached hydrogens (tertiary/aromatic N) is 1. The number of likely N-dealkylation sites (tertiary alicyclic amines) is 1. The molecule has 0 bridgehead atoms. The van der Waals surface area contributed by atoms with Gasteiger partial charge in [-0.2, -0.15) is 0 Å². The van der Waals surface area contributed by atoms with Crippen LogP contribution in [0, 0.1) is 5.92 Å². The van der Waals surface area contributed by atoms with Crippen LogP contribution in [0.3, 0.4) is 0 Å². The first-order chi connectivity index (χ1) is 10.0. The van der Waals surface area contributed by atoms with Crippen molar-refractivity contribution in [3.8, 4) is 0 Å².